The molecule has 1 aliphatic rings. The lowest BCUT2D eigenvalue weighted by Gasteiger charge is -2.28. The number of rotatable bonds is 5. The van der Waals surface area contributed by atoms with E-state index in [1.165, 1.54) is 12.1 Å². The van der Waals surface area contributed by atoms with Crippen molar-refractivity contribution in [3.63, 3.8) is 0 Å². The van der Waals surface area contributed by atoms with Crippen molar-refractivity contribution >= 4 is 0 Å². The van der Waals surface area contributed by atoms with Crippen molar-refractivity contribution in [2.75, 3.05) is 26.9 Å². The summed E-state index contributed by atoms with van der Waals surface area (Å²) in [6.07, 6.45) is 0.800. The zero-order chi connectivity index (χ0) is 14.8. The maximum absolute atomic E-state index is 13.9. The van der Waals surface area contributed by atoms with Crippen LogP contribution < -0.4 is 5.32 Å². The monoisotopic (exact) mass is 285 g/mol. The van der Waals surface area contributed by atoms with E-state index in [9.17, 15) is 8.78 Å². The molecule has 2 unspecified atom stereocenters. The van der Waals surface area contributed by atoms with Gasteiger partial charge in [-0.25, -0.2) is 8.78 Å². The van der Waals surface area contributed by atoms with Crippen LogP contribution in [0.5, 0.6) is 0 Å². The summed E-state index contributed by atoms with van der Waals surface area (Å²) in [4.78, 5) is 0. The van der Waals surface area contributed by atoms with E-state index < -0.39 is 5.82 Å². The Morgan fingerprint density at radius 1 is 1.40 bits per heavy atom. The molecule has 0 saturated carbocycles. The van der Waals surface area contributed by atoms with Crippen molar-refractivity contribution in [3.8, 4) is 0 Å². The van der Waals surface area contributed by atoms with Crippen LogP contribution in [0, 0.1) is 18.6 Å². The second kappa shape index (κ2) is 6.16. The van der Waals surface area contributed by atoms with E-state index in [1.54, 1.807) is 14.0 Å². The number of nitrogens with one attached hydrogen (secondary N) is 1. The van der Waals surface area contributed by atoms with Crippen molar-refractivity contribution in [1.82, 2.24) is 5.32 Å². The molecule has 2 atom stereocenters. The Hall–Kier alpha value is -1.04. The minimum atomic E-state index is -0.391. The predicted molar refractivity (Wildman–Crippen MR) is 72.7 cm³/mol. The number of ether oxygens (including phenoxy) is 2. The van der Waals surface area contributed by atoms with Crippen LogP contribution in [0.4, 0.5) is 8.78 Å². The maximum atomic E-state index is 13.9. The van der Waals surface area contributed by atoms with Crippen molar-refractivity contribution in [2.45, 2.75) is 31.9 Å². The first-order chi connectivity index (χ1) is 9.47. The van der Waals surface area contributed by atoms with Gasteiger partial charge in [0, 0.05) is 38.3 Å². The molecule has 1 aromatic carbocycles. The zero-order valence-corrected chi connectivity index (χ0v) is 12.1. The second-order valence-electron chi connectivity index (χ2n) is 5.42. The molecule has 0 bridgehead atoms. The molecule has 0 amide bonds. The highest BCUT2D eigenvalue weighted by atomic mass is 19.1. The van der Waals surface area contributed by atoms with Gasteiger partial charge in [0.05, 0.1) is 6.61 Å². The van der Waals surface area contributed by atoms with Crippen LogP contribution in [0.15, 0.2) is 12.1 Å². The summed E-state index contributed by atoms with van der Waals surface area (Å²) in [5.74, 6) is -0.779. The lowest BCUT2D eigenvalue weighted by Crippen LogP contribution is -2.43. The lowest BCUT2D eigenvalue weighted by atomic mass is 10.0. The molecule has 1 fully saturated rings. The van der Waals surface area contributed by atoms with E-state index in [0.29, 0.717) is 30.9 Å². The number of hydrogen-bond donors (Lipinski definition) is 1. The molecule has 1 aliphatic heterocycles. The SMILES string of the molecule is COC1(CNC(C)c2cc(F)c(C)cc2F)CCOC1. The maximum Gasteiger partial charge on any atom is 0.128 e. The van der Waals surface area contributed by atoms with E-state index in [-0.39, 0.29) is 17.5 Å². The number of methoxy groups -OCH3 is 1. The van der Waals surface area contributed by atoms with Crippen molar-refractivity contribution in [3.05, 3.63) is 34.9 Å². The number of aryl methyl sites for hydroxylation is 1. The topological polar surface area (TPSA) is 30.5 Å². The highest BCUT2D eigenvalue weighted by Gasteiger charge is 2.35. The van der Waals surface area contributed by atoms with E-state index in [1.807, 2.05) is 6.92 Å². The van der Waals surface area contributed by atoms with Crippen LogP contribution in [-0.2, 0) is 9.47 Å². The summed E-state index contributed by atoms with van der Waals surface area (Å²) in [6.45, 7) is 5.09. The number of halogens is 2. The summed E-state index contributed by atoms with van der Waals surface area (Å²) < 4.78 is 38.3. The van der Waals surface area contributed by atoms with Gasteiger partial charge >= 0.3 is 0 Å². The van der Waals surface area contributed by atoms with Crippen LogP contribution in [0.2, 0.25) is 0 Å². The fourth-order valence-corrected chi connectivity index (χ4v) is 2.40. The minimum Gasteiger partial charge on any atom is -0.378 e. The molecule has 1 N–H and O–H groups in total. The summed E-state index contributed by atoms with van der Waals surface area (Å²) in [7, 11) is 1.65. The van der Waals surface area contributed by atoms with Crippen LogP contribution in [0.3, 0.4) is 0 Å². The average molecular weight is 285 g/mol. The van der Waals surface area contributed by atoms with Crippen LogP contribution in [-0.4, -0.2) is 32.5 Å². The van der Waals surface area contributed by atoms with Gasteiger partial charge in [-0.05, 0) is 31.5 Å². The van der Waals surface area contributed by atoms with Gasteiger partial charge in [-0.2, -0.15) is 0 Å². The third kappa shape index (κ3) is 3.16. The summed E-state index contributed by atoms with van der Waals surface area (Å²) in [5.41, 5.74) is 0.280. The fraction of sp³-hybridized carbons (Fsp3) is 0.600. The van der Waals surface area contributed by atoms with E-state index >= 15 is 0 Å². The molecule has 3 nitrogen and oxygen atoms in total. The van der Waals surface area contributed by atoms with Crippen LogP contribution >= 0.6 is 0 Å². The third-order valence-corrected chi connectivity index (χ3v) is 3.98. The molecule has 0 spiro atoms. The number of benzene rings is 1. The molecule has 2 rings (SSSR count). The molecule has 0 radical (unpaired) electrons. The molecule has 112 valence electrons. The zero-order valence-electron chi connectivity index (χ0n) is 12.1. The highest BCUT2D eigenvalue weighted by Crippen LogP contribution is 2.24. The molecular formula is C15H21F2NO2. The van der Waals surface area contributed by atoms with Gasteiger partial charge in [-0.15, -0.1) is 0 Å². The van der Waals surface area contributed by atoms with Gasteiger partial charge in [0.15, 0.2) is 0 Å². The Labute approximate surface area is 118 Å². The lowest BCUT2D eigenvalue weighted by molar-refractivity contribution is -0.0172. The quantitative estimate of drug-likeness (QED) is 0.902. The van der Waals surface area contributed by atoms with Crippen LogP contribution in [0.1, 0.15) is 30.5 Å². The van der Waals surface area contributed by atoms with Crippen molar-refractivity contribution in [1.29, 1.82) is 0 Å². The van der Waals surface area contributed by atoms with Gasteiger partial charge in [0.2, 0.25) is 0 Å². The number of hydrogen-bond acceptors (Lipinski definition) is 3. The summed E-state index contributed by atoms with van der Waals surface area (Å²) in [6, 6.07) is 2.19. The molecular weight excluding hydrogens is 264 g/mol. The predicted octanol–water partition coefficient (Wildman–Crippen LogP) is 2.73. The first-order valence-corrected chi connectivity index (χ1v) is 6.79. The first kappa shape index (κ1) is 15.4. The molecule has 0 aliphatic carbocycles. The van der Waals surface area contributed by atoms with Gasteiger partial charge < -0.3 is 14.8 Å². The Balaban J connectivity index is 2.05. The van der Waals surface area contributed by atoms with Gasteiger partial charge in [0.1, 0.15) is 17.2 Å². The molecule has 1 heterocycles. The Morgan fingerprint density at radius 3 is 2.75 bits per heavy atom. The van der Waals surface area contributed by atoms with Crippen molar-refractivity contribution in [2.24, 2.45) is 0 Å². The third-order valence-electron chi connectivity index (χ3n) is 3.98. The summed E-state index contributed by atoms with van der Waals surface area (Å²) in [5, 5.41) is 3.21. The Kier molecular flexibility index (Phi) is 4.73. The molecule has 1 aromatic rings. The van der Waals surface area contributed by atoms with Gasteiger partial charge in [-0.3, -0.25) is 0 Å². The minimum absolute atomic E-state index is 0.294. The Bertz CT molecular complexity index is 473. The highest BCUT2D eigenvalue weighted by molar-refractivity contribution is 5.27. The second-order valence-corrected chi connectivity index (χ2v) is 5.42. The fourth-order valence-electron chi connectivity index (χ4n) is 2.40. The normalized spacial score (nSPS) is 24.1. The first-order valence-electron chi connectivity index (χ1n) is 6.79. The van der Waals surface area contributed by atoms with Gasteiger partial charge in [-0.1, -0.05) is 0 Å². The Morgan fingerprint density at radius 2 is 2.15 bits per heavy atom. The molecule has 20 heavy (non-hydrogen) atoms. The van der Waals surface area contributed by atoms with Gasteiger partial charge in [0.25, 0.3) is 0 Å². The van der Waals surface area contributed by atoms with E-state index in [4.69, 9.17) is 9.47 Å². The molecule has 5 heteroatoms. The largest absolute Gasteiger partial charge is 0.378 e. The van der Waals surface area contributed by atoms with Crippen molar-refractivity contribution < 1.29 is 18.3 Å². The molecule has 1 saturated heterocycles. The molecule has 0 aromatic heterocycles. The average Bonchev–Trinajstić information content (AvgIpc) is 2.90. The standard InChI is InChI=1S/C15H21F2NO2/c1-10-6-14(17)12(7-13(10)16)11(2)18-8-15(19-3)4-5-20-9-15/h6-7,11,18H,4-5,8-9H2,1-3H3. The van der Waals surface area contributed by atoms with Crippen LogP contribution in [0.25, 0.3) is 0 Å². The van der Waals surface area contributed by atoms with E-state index in [0.717, 1.165) is 6.42 Å². The smallest absolute Gasteiger partial charge is 0.128 e. The summed E-state index contributed by atoms with van der Waals surface area (Å²) >= 11 is 0. The van der Waals surface area contributed by atoms with E-state index in [2.05, 4.69) is 5.32 Å².